The van der Waals surface area contributed by atoms with Crippen molar-refractivity contribution in [3.8, 4) is 0 Å². The first-order valence-corrected chi connectivity index (χ1v) is 6.57. The number of hydrogen-bond donors (Lipinski definition) is 0. The fourth-order valence-corrected chi connectivity index (χ4v) is 3.07. The molecule has 0 saturated carbocycles. The van der Waals surface area contributed by atoms with Crippen molar-refractivity contribution in [1.29, 1.82) is 0 Å². The van der Waals surface area contributed by atoms with Gasteiger partial charge < -0.3 is 4.90 Å². The van der Waals surface area contributed by atoms with Crippen molar-refractivity contribution in [3.63, 3.8) is 0 Å². The van der Waals surface area contributed by atoms with Gasteiger partial charge in [-0.1, -0.05) is 11.3 Å². The number of aromatic nitrogens is 1. The summed E-state index contributed by atoms with van der Waals surface area (Å²) < 4.78 is 37.2. The van der Waals surface area contributed by atoms with Crippen molar-refractivity contribution < 1.29 is 18.0 Å². The lowest BCUT2D eigenvalue weighted by atomic mass is 10.0. The summed E-state index contributed by atoms with van der Waals surface area (Å²) in [6.07, 6.45) is -2.37. The molecule has 0 N–H and O–H groups in total. The van der Waals surface area contributed by atoms with Crippen LogP contribution in [-0.4, -0.2) is 30.0 Å². The van der Waals surface area contributed by atoms with Gasteiger partial charge >= 0.3 is 6.18 Å². The molecule has 18 heavy (non-hydrogen) atoms. The molecule has 1 heterocycles. The third kappa shape index (κ3) is 2.82. The van der Waals surface area contributed by atoms with Gasteiger partial charge in [0.25, 0.3) is 0 Å². The minimum Gasteiger partial charge on any atom is -0.339 e. The monoisotopic (exact) mass is 278 g/mol. The maximum Gasteiger partial charge on any atom is 0.406 e. The predicted octanol–water partition coefficient (Wildman–Crippen LogP) is 3.05. The Morgan fingerprint density at radius 2 is 2.11 bits per heavy atom. The first-order valence-electron chi connectivity index (χ1n) is 5.75. The molecule has 0 unspecified atom stereocenters. The zero-order valence-corrected chi connectivity index (χ0v) is 10.7. The van der Waals surface area contributed by atoms with Gasteiger partial charge in [0.1, 0.15) is 6.54 Å². The molecule has 0 radical (unpaired) electrons. The molecule has 0 fully saturated rings. The van der Waals surface area contributed by atoms with Crippen LogP contribution in [0.25, 0.3) is 0 Å². The number of aryl methyl sites for hydroxylation is 1. The lowest BCUT2D eigenvalue weighted by Crippen LogP contribution is -2.34. The highest BCUT2D eigenvalue weighted by molar-refractivity contribution is 7.17. The number of fused-ring (bicyclic) bond motifs is 1. The molecule has 1 aliphatic rings. The van der Waals surface area contributed by atoms with E-state index < -0.39 is 12.7 Å². The number of Topliss-reactive ketones (excluding diaryl/α,β-unsaturated/α-hetero) is 1. The molecule has 0 spiro atoms. The van der Waals surface area contributed by atoms with E-state index in [9.17, 15) is 18.0 Å². The summed E-state index contributed by atoms with van der Waals surface area (Å²) in [7, 11) is 0. The van der Waals surface area contributed by atoms with Gasteiger partial charge in [0.15, 0.2) is 10.9 Å². The molecule has 0 saturated heterocycles. The van der Waals surface area contributed by atoms with Crippen LogP contribution in [0, 0.1) is 0 Å². The molecule has 1 aromatic heterocycles. The van der Waals surface area contributed by atoms with Crippen molar-refractivity contribution in [1.82, 2.24) is 4.98 Å². The fourth-order valence-electron chi connectivity index (χ4n) is 1.92. The average molecular weight is 278 g/mol. The topological polar surface area (TPSA) is 33.2 Å². The van der Waals surface area contributed by atoms with E-state index in [0.717, 1.165) is 22.7 Å². The van der Waals surface area contributed by atoms with E-state index in [1.165, 1.54) is 0 Å². The van der Waals surface area contributed by atoms with Gasteiger partial charge in [-0.15, -0.1) is 0 Å². The Labute approximate surface area is 107 Å². The number of halogens is 3. The Morgan fingerprint density at radius 3 is 2.67 bits per heavy atom. The number of nitrogens with zero attached hydrogens (tertiary/aromatic N) is 2. The van der Waals surface area contributed by atoms with Crippen molar-refractivity contribution >= 4 is 22.3 Å². The van der Waals surface area contributed by atoms with E-state index in [0.29, 0.717) is 28.5 Å². The SMILES string of the molecule is CCN(CC(F)(F)F)c1nc2c(s1)C(=O)CCC2. The molecule has 0 aliphatic heterocycles. The Morgan fingerprint density at radius 1 is 1.39 bits per heavy atom. The van der Waals surface area contributed by atoms with Crippen LogP contribution in [0.3, 0.4) is 0 Å². The van der Waals surface area contributed by atoms with Crippen molar-refractivity contribution in [2.24, 2.45) is 0 Å². The maximum atomic E-state index is 12.4. The summed E-state index contributed by atoms with van der Waals surface area (Å²) in [6, 6.07) is 0. The van der Waals surface area contributed by atoms with Crippen molar-refractivity contribution in [3.05, 3.63) is 10.6 Å². The minimum atomic E-state index is -4.26. The van der Waals surface area contributed by atoms with Gasteiger partial charge in [0.2, 0.25) is 0 Å². The van der Waals surface area contributed by atoms with E-state index in [4.69, 9.17) is 0 Å². The number of hydrogen-bond acceptors (Lipinski definition) is 4. The summed E-state index contributed by atoms with van der Waals surface area (Å²) >= 11 is 1.08. The van der Waals surface area contributed by atoms with Gasteiger partial charge in [-0.25, -0.2) is 4.98 Å². The molecule has 3 nitrogen and oxygen atoms in total. The molecule has 0 bridgehead atoms. The van der Waals surface area contributed by atoms with E-state index in [-0.39, 0.29) is 12.3 Å². The molecular weight excluding hydrogens is 265 g/mol. The quantitative estimate of drug-likeness (QED) is 0.852. The Hall–Kier alpha value is -1.11. The van der Waals surface area contributed by atoms with Crippen molar-refractivity contribution in [2.75, 3.05) is 18.0 Å². The number of rotatable bonds is 3. The highest BCUT2D eigenvalue weighted by atomic mass is 32.1. The minimum absolute atomic E-state index is 0.00283. The number of carbonyl (C=O) groups excluding carboxylic acids is 1. The number of anilines is 1. The van der Waals surface area contributed by atoms with Gasteiger partial charge in [-0.3, -0.25) is 4.79 Å². The Kier molecular flexibility index (Phi) is 3.61. The first kappa shape index (κ1) is 13.3. The number of thiazole rings is 1. The van der Waals surface area contributed by atoms with Crippen LogP contribution in [0.1, 0.15) is 35.1 Å². The largest absolute Gasteiger partial charge is 0.406 e. The molecule has 0 aromatic carbocycles. The molecule has 100 valence electrons. The molecule has 7 heteroatoms. The summed E-state index contributed by atoms with van der Waals surface area (Å²) in [6.45, 7) is 0.845. The van der Waals surface area contributed by atoms with Gasteiger partial charge in [-0.2, -0.15) is 13.2 Å². The highest BCUT2D eigenvalue weighted by Gasteiger charge is 2.32. The Balaban J connectivity index is 2.24. The standard InChI is InChI=1S/C11H13F3N2OS/c1-2-16(6-11(12,13)14)10-15-7-4-3-5-8(17)9(7)18-10/h2-6H2,1H3. The summed E-state index contributed by atoms with van der Waals surface area (Å²) in [5.74, 6) is 0.00283. The number of carbonyl (C=O) groups is 1. The predicted molar refractivity (Wildman–Crippen MR) is 63.3 cm³/mol. The summed E-state index contributed by atoms with van der Waals surface area (Å²) in [5, 5.41) is 0.301. The van der Waals surface area contributed by atoms with Crippen LogP contribution in [0.2, 0.25) is 0 Å². The molecule has 0 amide bonds. The first-order chi connectivity index (χ1) is 8.40. The van der Waals surface area contributed by atoms with Gasteiger partial charge in [0, 0.05) is 13.0 Å². The zero-order valence-electron chi connectivity index (χ0n) is 9.88. The second-order valence-corrected chi connectivity index (χ2v) is 5.16. The lowest BCUT2D eigenvalue weighted by molar-refractivity contribution is -0.119. The molecular formula is C11H13F3N2OS. The van der Waals surface area contributed by atoms with E-state index in [1.807, 2.05) is 0 Å². The highest BCUT2D eigenvalue weighted by Crippen LogP contribution is 2.33. The average Bonchev–Trinajstić information content (AvgIpc) is 2.70. The third-order valence-electron chi connectivity index (χ3n) is 2.78. The van der Waals surface area contributed by atoms with Crippen molar-refractivity contribution in [2.45, 2.75) is 32.4 Å². The van der Waals surface area contributed by atoms with E-state index in [2.05, 4.69) is 4.98 Å². The van der Waals surface area contributed by atoms with E-state index in [1.54, 1.807) is 6.92 Å². The smallest absolute Gasteiger partial charge is 0.339 e. The number of ketones is 1. The second kappa shape index (κ2) is 4.87. The number of alkyl halides is 3. The molecule has 1 aromatic rings. The van der Waals surface area contributed by atoms with Gasteiger partial charge in [-0.05, 0) is 19.8 Å². The summed E-state index contributed by atoms with van der Waals surface area (Å²) in [4.78, 5) is 17.5. The fraction of sp³-hybridized carbons (Fsp3) is 0.636. The molecule has 1 aliphatic carbocycles. The van der Waals surface area contributed by atoms with Crippen LogP contribution >= 0.6 is 11.3 Å². The normalized spacial score (nSPS) is 15.7. The van der Waals surface area contributed by atoms with Crippen LogP contribution < -0.4 is 4.90 Å². The third-order valence-corrected chi connectivity index (χ3v) is 3.98. The van der Waals surface area contributed by atoms with Crippen LogP contribution in [0.4, 0.5) is 18.3 Å². The second-order valence-electron chi connectivity index (χ2n) is 4.18. The van der Waals surface area contributed by atoms with E-state index >= 15 is 0 Å². The van der Waals surface area contributed by atoms with Crippen LogP contribution in [0.5, 0.6) is 0 Å². The van der Waals surface area contributed by atoms with Crippen LogP contribution in [0.15, 0.2) is 0 Å². The maximum absolute atomic E-state index is 12.4. The summed E-state index contributed by atoms with van der Waals surface area (Å²) in [5.41, 5.74) is 0.659. The van der Waals surface area contributed by atoms with Crippen LogP contribution in [-0.2, 0) is 6.42 Å². The lowest BCUT2D eigenvalue weighted by Gasteiger charge is -2.21. The van der Waals surface area contributed by atoms with Gasteiger partial charge in [0.05, 0.1) is 10.6 Å². The zero-order chi connectivity index (χ0) is 13.3. The molecule has 2 rings (SSSR count). The Bertz CT molecular complexity index is 456. The molecule has 0 atom stereocenters.